The molecule has 1 heterocycles. The van der Waals surface area contributed by atoms with Crippen LogP contribution in [0, 0.1) is 0 Å². The van der Waals surface area contributed by atoms with E-state index in [9.17, 15) is 4.79 Å². The lowest BCUT2D eigenvalue weighted by molar-refractivity contribution is 0.0387. The summed E-state index contributed by atoms with van der Waals surface area (Å²) < 4.78 is 64.6. The van der Waals surface area contributed by atoms with Crippen molar-refractivity contribution < 1.29 is 20.5 Å². The number of ether oxygens (including phenoxy) is 1. The van der Waals surface area contributed by atoms with Gasteiger partial charge in [0, 0.05) is 31.6 Å². The first-order valence-corrected chi connectivity index (χ1v) is 3.27. The number of nitrogens with two attached hydrogens (primary N) is 1. The van der Waals surface area contributed by atoms with Crippen LogP contribution in [0.5, 0.6) is 0 Å². The summed E-state index contributed by atoms with van der Waals surface area (Å²) in [4.78, 5) is 10.9. The van der Waals surface area contributed by atoms with Crippen molar-refractivity contribution in [2.45, 2.75) is 0 Å². The molecule has 3 N–H and O–H groups in total. The van der Waals surface area contributed by atoms with Crippen LogP contribution in [-0.2, 0) is 4.74 Å². The fourth-order valence-corrected chi connectivity index (χ4v) is 0.612. The average molecular weight is 181 g/mol. The number of hydrogen-bond donors (Lipinski definition) is 2. The number of carbonyl (C=O) groups excluding carboxylic acids is 1. The smallest absolute Gasteiger partial charge is 0.312 e. The van der Waals surface area contributed by atoms with Gasteiger partial charge in [-0.15, -0.1) is 0 Å². The number of urea groups is 1. The lowest BCUT2D eigenvalue weighted by Gasteiger charge is -2.26. The van der Waals surface area contributed by atoms with Crippen molar-refractivity contribution in [2.24, 2.45) is 5.73 Å². The van der Waals surface area contributed by atoms with E-state index < -0.39 is 38.7 Å². The summed E-state index contributed by atoms with van der Waals surface area (Å²) in [5, 5.41) is 2.10. The molecule has 0 aromatic rings. The molecule has 2 amide bonds. The van der Waals surface area contributed by atoms with Crippen LogP contribution >= 0.6 is 0 Å². The van der Waals surface area contributed by atoms with Gasteiger partial charge >= 0.3 is 6.03 Å². The SMILES string of the molecule is [2H]C1([2H])OC([2H])([2H])C([2H])([2H])N(CCNC(N)=O)C1([2H])[2H]. The van der Waals surface area contributed by atoms with Crippen molar-refractivity contribution in [2.75, 3.05) is 39.2 Å². The summed E-state index contributed by atoms with van der Waals surface area (Å²) in [6, 6.07) is -0.912. The predicted octanol–water partition coefficient (Wildman–Crippen LogP) is -1.01. The standard InChI is InChI=1S/C7H15N3O2/c8-7(11)9-1-2-10-3-5-12-6-4-10/h1-6H2,(H3,8,9,11)/i3D2,4D2,5D2,6D2. The molecule has 0 aromatic heterocycles. The molecule has 0 spiro atoms. The van der Waals surface area contributed by atoms with Crippen LogP contribution in [0.25, 0.3) is 0 Å². The third-order valence-corrected chi connectivity index (χ3v) is 1.10. The maximum absolute atomic E-state index is 10.6. The molecule has 5 nitrogen and oxygen atoms in total. The van der Waals surface area contributed by atoms with Gasteiger partial charge in [0.05, 0.1) is 18.6 Å². The van der Waals surface area contributed by atoms with Crippen LogP contribution < -0.4 is 11.1 Å². The summed E-state index contributed by atoms with van der Waals surface area (Å²) in [5.74, 6) is 0. The van der Waals surface area contributed by atoms with Crippen LogP contribution in [0.4, 0.5) is 4.79 Å². The van der Waals surface area contributed by atoms with Crippen molar-refractivity contribution in [3.05, 3.63) is 0 Å². The minimum Gasteiger partial charge on any atom is -0.379 e. The molecule has 1 saturated heterocycles. The van der Waals surface area contributed by atoms with Crippen molar-refractivity contribution in [1.82, 2.24) is 10.2 Å². The third kappa shape index (κ3) is 3.54. The minimum absolute atomic E-state index is 0.277. The van der Waals surface area contributed by atoms with E-state index in [4.69, 9.17) is 16.7 Å². The Labute approximate surface area is 83.1 Å². The van der Waals surface area contributed by atoms with Crippen LogP contribution in [0.1, 0.15) is 11.0 Å². The van der Waals surface area contributed by atoms with Gasteiger partial charge in [-0.25, -0.2) is 4.79 Å². The Morgan fingerprint density at radius 3 is 2.92 bits per heavy atom. The largest absolute Gasteiger partial charge is 0.379 e. The second kappa shape index (κ2) is 4.95. The first kappa shape index (κ1) is 3.16. The van der Waals surface area contributed by atoms with Crippen LogP contribution in [0.3, 0.4) is 0 Å². The number of primary amides is 1. The van der Waals surface area contributed by atoms with E-state index in [0.717, 1.165) is 0 Å². The highest BCUT2D eigenvalue weighted by molar-refractivity contribution is 5.71. The molecular formula is C7H15N3O2. The van der Waals surface area contributed by atoms with Gasteiger partial charge in [0.15, 0.2) is 0 Å². The summed E-state index contributed by atoms with van der Waals surface area (Å²) in [5.41, 5.74) is 4.82. The molecule has 0 aliphatic carbocycles. The number of rotatable bonds is 3. The molecule has 5 heteroatoms. The lowest BCUT2D eigenvalue weighted by Crippen LogP contribution is -2.42. The molecule has 1 aliphatic heterocycles. The van der Waals surface area contributed by atoms with Crippen LogP contribution in [-0.4, -0.2) is 50.1 Å². The summed E-state index contributed by atoms with van der Waals surface area (Å²) in [6.07, 6.45) is 0. The Hall–Kier alpha value is -0.810. The normalized spacial score (nSPS) is 45.7. The molecule has 1 fully saturated rings. The first-order valence-electron chi connectivity index (χ1n) is 7.27. The predicted molar refractivity (Wildman–Crippen MR) is 44.8 cm³/mol. The Kier molecular flexibility index (Phi) is 1.30. The molecule has 0 unspecified atom stereocenters. The van der Waals surface area contributed by atoms with Gasteiger partial charge < -0.3 is 15.8 Å². The maximum Gasteiger partial charge on any atom is 0.312 e. The highest BCUT2D eigenvalue weighted by atomic mass is 16.5. The van der Waals surface area contributed by atoms with Gasteiger partial charge in [0.1, 0.15) is 0 Å². The fourth-order valence-electron chi connectivity index (χ4n) is 0.612. The number of morpholine rings is 1. The molecule has 70 valence electrons. The molecule has 12 heavy (non-hydrogen) atoms. The lowest BCUT2D eigenvalue weighted by atomic mass is 10.4. The molecule has 0 saturated carbocycles. The molecule has 0 bridgehead atoms. The van der Waals surface area contributed by atoms with Gasteiger partial charge in [-0.05, 0) is 0 Å². The minimum atomic E-state index is -3.07. The first-order chi connectivity index (χ1) is 8.76. The van der Waals surface area contributed by atoms with E-state index in [1.54, 1.807) is 0 Å². The van der Waals surface area contributed by atoms with E-state index in [-0.39, 0.29) is 6.54 Å². The van der Waals surface area contributed by atoms with Gasteiger partial charge in [0.2, 0.25) is 0 Å². The Morgan fingerprint density at radius 2 is 2.33 bits per heavy atom. The quantitative estimate of drug-likeness (QED) is 0.586. The van der Waals surface area contributed by atoms with E-state index in [0.29, 0.717) is 4.90 Å². The summed E-state index contributed by atoms with van der Waals surface area (Å²) in [7, 11) is 0. The zero-order valence-electron chi connectivity index (χ0n) is 14.3. The summed E-state index contributed by atoms with van der Waals surface area (Å²) in [6.45, 7) is -12.8. The third-order valence-electron chi connectivity index (χ3n) is 1.10. The maximum atomic E-state index is 10.6. The number of nitrogens with zero attached hydrogens (tertiary/aromatic N) is 1. The molecule has 0 aromatic carbocycles. The van der Waals surface area contributed by atoms with Gasteiger partial charge in [-0.1, -0.05) is 0 Å². The van der Waals surface area contributed by atoms with Crippen LogP contribution in [0.2, 0.25) is 0 Å². The Bertz CT molecular complexity index is 376. The van der Waals surface area contributed by atoms with Crippen LogP contribution in [0.15, 0.2) is 0 Å². The van der Waals surface area contributed by atoms with E-state index in [1.165, 1.54) is 0 Å². The number of hydrogen-bond acceptors (Lipinski definition) is 3. The van der Waals surface area contributed by atoms with E-state index in [2.05, 4.69) is 10.1 Å². The number of nitrogens with one attached hydrogen (secondary N) is 1. The van der Waals surface area contributed by atoms with Crippen molar-refractivity contribution in [3.63, 3.8) is 0 Å². The number of carbonyl (C=O) groups is 1. The number of amides is 2. The highest BCUT2D eigenvalue weighted by Gasteiger charge is 2.08. The topological polar surface area (TPSA) is 67.6 Å². The molecule has 1 aliphatic rings. The second-order valence-corrected chi connectivity index (χ2v) is 1.97. The van der Waals surface area contributed by atoms with Gasteiger partial charge in [0.25, 0.3) is 0 Å². The molecule has 0 radical (unpaired) electrons. The van der Waals surface area contributed by atoms with Gasteiger partial charge in [-0.2, -0.15) is 0 Å². The summed E-state index contributed by atoms with van der Waals surface area (Å²) >= 11 is 0. The van der Waals surface area contributed by atoms with Crippen molar-refractivity contribution in [1.29, 1.82) is 0 Å². The monoisotopic (exact) mass is 181 g/mol. The van der Waals surface area contributed by atoms with Crippen molar-refractivity contribution >= 4 is 6.03 Å². The van der Waals surface area contributed by atoms with E-state index in [1.807, 2.05) is 0 Å². The molecule has 0 atom stereocenters. The second-order valence-electron chi connectivity index (χ2n) is 1.97. The zero-order chi connectivity index (χ0) is 16.0. The van der Waals surface area contributed by atoms with Crippen molar-refractivity contribution in [3.8, 4) is 0 Å². The fraction of sp³-hybridized carbons (Fsp3) is 0.857. The Morgan fingerprint density at radius 1 is 1.67 bits per heavy atom. The highest BCUT2D eigenvalue weighted by Crippen LogP contribution is 1.94. The van der Waals surface area contributed by atoms with E-state index >= 15 is 0 Å². The molecule has 1 rings (SSSR count). The van der Waals surface area contributed by atoms with Gasteiger partial charge in [-0.3, -0.25) is 4.90 Å². The average Bonchev–Trinajstić information content (AvgIpc) is 2.19. The zero-order valence-corrected chi connectivity index (χ0v) is 6.26. The molecular weight excluding hydrogens is 158 g/mol. The Balaban J connectivity index is 3.08.